The molecule has 158 valence electrons. The summed E-state index contributed by atoms with van der Waals surface area (Å²) >= 11 is 0. The number of nitrogens with zero attached hydrogens (tertiary/aromatic N) is 3. The van der Waals surface area contributed by atoms with Gasteiger partial charge in [-0.2, -0.15) is 5.10 Å². The quantitative estimate of drug-likeness (QED) is 0.535. The van der Waals surface area contributed by atoms with Crippen molar-refractivity contribution < 1.29 is 14.7 Å². The van der Waals surface area contributed by atoms with E-state index in [0.717, 1.165) is 22.3 Å². The molecule has 0 bridgehead atoms. The van der Waals surface area contributed by atoms with Gasteiger partial charge in [0.15, 0.2) is 6.10 Å². The first-order valence-electron chi connectivity index (χ1n) is 9.92. The lowest BCUT2D eigenvalue weighted by Crippen LogP contribution is -2.50. The summed E-state index contributed by atoms with van der Waals surface area (Å²) in [6.07, 6.45) is 2.12. The van der Waals surface area contributed by atoms with E-state index >= 15 is 0 Å². The molecule has 1 aliphatic rings. The number of carbonyl (C=O) groups is 2. The first-order valence-corrected chi connectivity index (χ1v) is 9.92. The lowest BCUT2D eigenvalue weighted by Gasteiger charge is -2.22. The highest BCUT2D eigenvalue weighted by molar-refractivity contribution is 6.03. The fourth-order valence-corrected chi connectivity index (χ4v) is 3.75. The molecular weight excluding hydrogens is 394 g/mol. The second-order valence-electron chi connectivity index (χ2n) is 7.53. The van der Waals surface area contributed by atoms with Gasteiger partial charge in [0.05, 0.1) is 18.2 Å². The SMILES string of the molecule is Cn1cc(C(=O)NC(Cc2ccccc2)C(O)C(N)=O)c(-c2cccc3c2C=NC3)n1. The number of hydrogen-bond donors (Lipinski definition) is 3. The van der Waals surface area contributed by atoms with Gasteiger partial charge >= 0.3 is 0 Å². The van der Waals surface area contributed by atoms with E-state index < -0.39 is 24.0 Å². The van der Waals surface area contributed by atoms with Crippen LogP contribution in [0.2, 0.25) is 0 Å². The van der Waals surface area contributed by atoms with Crippen molar-refractivity contribution in [3.8, 4) is 11.3 Å². The number of benzene rings is 2. The largest absolute Gasteiger partial charge is 0.381 e. The van der Waals surface area contributed by atoms with Crippen LogP contribution in [0.3, 0.4) is 0 Å². The number of primary amides is 1. The fraction of sp³-hybridized carbons (Fsp3) is 0.217. The number of nitrogens with one attached hydrogen (secondary N) is 1. The fourth-order valence-electron chi connectivity index (χ4n) is 3.75. The van der Waals surface area contributed by atoms with Crippen LogP contribution >= 0.6 is 0 Å². The van der Waals surface area contributed by atoms with Crippen LogP contribution in [0.4, 0.5) is 0 Å². The van der Waals surface area contributed by atoms with E-state index in [1.165, 1.54) is 0 Å². The smallest absolute Gasteiger partial charge is 0.255 e. The third-order valence-electron chi connectivity index (χ3n) is 5.29. The average Bonchev–Trinajstić information content (AvgIpc) is 3.39. The topological polar surface area (TPSA) is 123 Å². The Balaban J connectivity index is 1.65. The van der Waals surface area contributed by atoms with Gasteiger partial charge in [0, 0.05) is 30.6 Å². The molecule has 31 heavy (non-hydrogen) atoms. The minimum Gasteiger partial charge on any atom is -0.381 e. The summed E-state index contributed by atoms with van der Waals surface area (Å²) in [5, 5.41) is 17.6. The maximum absolute atomic E-state index is 13.2. The zero-order valence-electron chi connectivity index (χ0n) is 17.0. The molecule has 0 aliphatic carbocycles. The second-order valence-corrected chi connectivity index (χ2v) is 7.53. The molecule has 2 heterocycles. The molecule has 2 amide bonds. The van der Waals surface area contributed by atoms with Crippen LogP contribution < -0.4 is 11.1 Å². The van der Waals surface area contributed by atoms with Crippen molar-refractivity contribution >= 4 is 18.0 Å². The summed E-state index contributed by atoms with van der Waals surface area (Å²) in [7, 11) is 1.73. The Morgan fingerprint density at radius 2 is 1.97 bits per heavy atom. The molecule has 8 nitrogen and oxygen atoms in total. The summed E-state index contributed by atoms with van der Waals surface area (Å²) in [5.74, 6) is -1.35. The number of aliphatic hydroxyl groups is 1. The van der Waals surface area contributed by atoms with E-state index in [1.54, 1.807) is 24.1 Å². The standard InChI is InChI=1S/C23H23N5O3/c1-28-13-18(20(27-28)16-9-5-8-15-11-25-12-17(15)16)23(31)26-19(21(29)22(24)30)10-14-6-3-2-4-7-14/h2-9,12-13,19,21,29H,10-11H2,1H3,(H2,24,30)(H,26,31). The molecule has 4 N–H and O–H groups in total. The third kappa shape index (κ3) is 4.24. The number of aliphatic imine (C=N–C) groups is 1. The highest BCUT2D eigenvalue weighted by Gasteiger charge is 2.29. The normalized spacial score (nSPS) is 14.1. The number of aliphatic hydroxyl groups excluding tert-OH is 1. The summed E-state index contributed by atoms with van der Waals surface area (Å²) in [6.45, 7) is 0.599. The summed E-state index contributed by atoms with van der Waals surface area (Å²) < 4.78 is 1.56. The monoisotopic (exact) mass is 417 g/mol. The minimum atomic E-state index is -1.53. The van der Waals surface area contributed by atoms with Gasteiger partial charge in [-0.15, -0.1) is 0 Å². The molecule has 2 aromatic carbocycles. The summed E-state index contributed by atoms with van der Waals surface area (Å²) in [6, 6.07) is 14.2. The maximum Gasteiger partial charge on any atom is 0.255 e. The Hall–Kier alpha value is -3.78. The first-order chi connectivity index (χ1) is 14.9. The number of rotatable bonds is 7. The van der Waals surface area contributed by atoms with Crippen molar-refractivity contribution in [3.05, 3.63) is 77.0 Å². The molecule has 1 aliphatic heterocycles. The Kier molecular flexibility index (Phi) is 5.64. The highest BCUT2D eigenvalue weighted by Crippen LogP contribution is 2.29. The zero-order valence-corrected chi connectivity index (χ0v) is 17.0. The van der Waals surface area contributed by atoms with Gasteiger partial charge in [0.2, 0.25) is 5.91 Å². The number of nitrogens with two attached hydrogens (primary N) is 1. The van der Waals surface area contributed by atoms with Crippen LogP contribution in [-0.4, -0.2) is 45.1 Å². The summed E-state index contributed by atoms with van der Waals surface area (Å²) in [5.41, 5.74) is 9.84. The second kappa shape index (κ2) is 8.53. The van der Waals surface area contributed by atoms with Gasteiger partial charge in [-0.1, -0.05) is 48.5 Å². The maximum atomic E-state index is 13.2. The van der Waals surface area contributed by atoms with Gasteiger partial charge in [-0.25, -0.2) is 0 Å². The van der Waals surface area contributed by atoms with Crippen molar-refractivity contribution in [2.75, 3.05) is 0 Å². The highest BCUT2D eigenvalue weighted by atomic mass is 16.3. The van der Waals surface area contributed by atoms with Crippen LogP contribution in [0.1, 0.15) is 27.0 Å². The van der Waals surface area contributed by atoms with Crippen LogP contribution in [0.15, 0.2) is 59.7 Å². The number of hydrogen-bond acceptors (Lipinski definition) is 5. The van der Waals surface area contributed by atoms with Gasteiger partial charge in [0.1, 0.15) is 5.69 Å². The van der Waals surface area contributed by atoms with E-state index in [1.807, 2.05) is 48.5 Å². The number of aromatic nitrogens is 2. The van der Waals surface area contributed by atoms with Gasteiger partial charge < -0.3 is 16.2 Å². The van der Waals surface area contributed by atoms with Crippen LogP contribution in [0.5, 0.6) is 0 Å². The lowest BCUT2D eigenvalue weighted by atomic mass is 9.97. The molecule has 0 radical (unpaired) electrons. The molecule has 1 aromatic heterocycles. The van der Waals surface area contributed by atoms with E-state index in [9.17, 15) is 14.7 Å². The van der Waals surface area contributed by atoms with E-state index in [4.69, 9.17) is 5.73 Å². The number of carbonyl (C=O) groups excluding carboxylic acids is 2. The molecule has 0 fully saturated rings. The molecule has 0 saturated heterocycles. The van der Waals surface area contributed by atoms with Crippen LogP contribution in [0, 0.1) is 0 Å². The molecule has 8 heteroatoms. The average molecular weight is 417 g/mol. The molecule has 3 aromatic rings. The zero-order chi connectivity index (χ0) is 22.0. The van der Waals surface area contributed by atoms with Crippen molar-refractivity contribution in [3.63, 3.8) is 0 Å². The van der Waals surface area contributed by atoms with Crippen molar-refractivity contribution in [1.29, 1.82) is 0 Å². The molecule has 4 rings (SSSR count). The molecule has 0 spiro atoms. The molecule has 2 unspecified atom stereocenters. The van der Waals surface area contributed by atoms with E-state index in [-0.39, 0.29) is 6.42 Å². The number of aryl methyl sites for hydroxylation is 1. The lowest BCUT2D eigenvalue weighted by molar-refractivity contribution is -0.127. The van der Waals surface area contributed by atoms with Gasteiger partial charge in [-0.05, 0) is 17.5 Å². The Morgan fingerprint density at radius 1 is 1.19 bits per heavy atom. The van der Waals surface area contributed by atoms with Crippen molar-refractivity contribution in [2.45, 2.75) is 25.1 Å². The molecular formula is C23H23N5O3. The minimum absolute atomic E-state index is 0.250. The first kappa shape index (κ1) is 20.5. The van der Waals surface area contributed by atoms with Crippen LogP contribution in [-0.2, 0) is 24.8 Å². The summed E-state index contributed by atoms with van der Waals surface area (Å²) in [4.78, 5) is 29.2. The van der Waals surface area contributed by atoms with E-state index in [0.29, 0.717) is 17.8 Å². The third-order valence-corrected chi connectivity index (χ3v) is 5.29. The van der Waals surface area contributed by atoms with E-state index in [2.05, 4.69) is 15.4 Å². The number of fused-ring (bicyclic) bond motifs is 1. The number of amides is 2. The van der Waals surface area contributed by atoms with Crippen molar-refractivity contribution in [1.82, 2.24) is 15.1 Å². The Morgan fingerprint density at radius 3 is 2.71 bits per heavy atom. The molecule has 0 saturated carbocycles. The predicted molar refractivity (Wildman–Crippen MR) is 117 cm³/mol. The predicted octanol–water partition coefficient (Wildman–Crippen LogP) is 1.21. The molecule has 2 atom stereocenters. The Labute approximate surface area is 179 Å². The van der Waals surface area contributed by atoms with Crippen LogP contribution in [0.25, 0.3) is 11.3 Å². The van der Waals surface area contributed by atoms with Gasteiger partial charge in [0.25, 0.3) is 5.91 Å². The Bertz CT molecular complexity index is 1150. The van der Waals surface area contributed by atoms with Gasteiger partial charge in [-0.3, -0.25) is 19.3 Å². The van der Waals surface area contributed by atoms with Crippen molar-refractivity contribution in [2.24, 2.45) is 17.8 Å².